The van der Waals surface area contributed by atoms with E-state index >= 15 is 0 Å². The average molecular weight is 341 g/mol. The van der Waals surface area contributed by atoms with E-state index < -0.39 is 0 Å². The van der Waals surface area contributed by atoms with Gasteiger partial charge in [-0.1, -0.05) is 49.1 Å². The van der Waals surface area contributed by atoms with Gasteiger partial charge in [0, 0.05) is 30.0 Å². The van der Waals surface area contributed by atoms with Crippen LogP contribution < -0.4 is 4.90 Å². The standard InChI is InChI=1S/C23H23N3/c1-3-19(17-24-2)23(20-11-10-16-25-18-20)26(21-12-6-4-7-13-21)22-14-8-5-9-15-22/h3-4,6-8,10-18,23H,1-2,5,9H2/b19-17+. The molecule has 1 heterocycles. The van der Waals surface area contributed by atoms with Crippen molar-refractivity contribution in [1.29, 1.82) is 0 Å². The van der Waals surface area contributed by atoms with Gasteiger partial charge >= 0.3 is 0 Å². The van der Waals surface area contributed by atoms with Crippen LogP contribution >= 0.6 is 0 Å². The Balaban J connectivity index is 2.20. The monoisotopic (exact) mass is 341 g/mol. The van der Waals surface area contributed by atoms with Crippen LogP contribution in [0.1, 0.15) is 24.4 Å². The van der Waals surface area contributed by atoms with Crippen molar-refractivity contribution in [1.82, 2.24) is 4.98 Å². The van der Waals surface area contributed by atoms with Crippen molar-refractivity contribution in [3.63, 3.8) is 0 Å². The smallest absolute Gasteiger partial charge is 0.0874 e. The summed E-state index contributed by atoms with van der Waals surface area (Å²) in [7, 11) is 0. The van der Waals surface area contributed by atoms with E-state index in [1.54, 1.807) is 12.4 Å². The molecule has 3 nitrogen and oxygen atoms in total. The fourth-order valence-electron chi connectivity index (χ4n) is 3.18. The van der Waals surface area contributed by atoms with Gasteiger partial charge in [0.1, 0.15) is 0 Å². The summed E-state index contributed by atoms with van der Waals surface area (Å²) in [4.78, 5) is 10.6. The predicted molar refractivity (Wildman–Crippen MR) is 110 cm³/mol. The van der Waals surface area contributed by atoms with Gasteiger partial charge in [0.25, 0.3) is 0 Å². The summed E-state index contributed by atoms with van der Waals surface area (Å²) < 4.78 is 0. The SMILES string of the molecule is C=C/C(=C\N=C)C(c1cccnc1)N(C1=CCCC=C1)c1ccccc1. The number of para-hydroxylation sites is 1. The molecular weight excluding hydrogens is 318 g/mol. The first-order valence-electron chi connectivity index (χ1n) is 8.74. The van der Waals surface area contributed by atoms with Crippen LogP contribution in [0, 0.1) is 0 Å². The van der Waals surface area contributed by atoms with E-state index in [4.69, 9.17) is 0 Å². The molecule has 0 bridgehead atoms. The van der Waals surface area contributed by atoms with Crippen LogP contribution in [0.15, 0.2) is 108 Å². The molecule has 130 valence electrons. The van der Waals surface area contributed by atoms with Gasteiger partial charge in [-0.15, -0.1) is 0 Å². The molecule has 3 heteroatoms. The zero-order valence-corrected chi connectivity index (χ0v) is 14.8. The fraction of sp³-hybridized carbons (Fsp3) is 0.130. The van der Waals surface area contributed by atoms with Gasteiger partial charge in [0.15, 0.2) is 0 Å². The molecular formula is C23H23N3. The Hall–Kier alpha value is -3.20. The fourth-order valence-corrected chi connectivity index (χ4v) is 3.18. The van der Waals surface area contributed by atoms with Gasteiger partial charge in [-0.25, -0.2) is 0 Å². The molecule has 0 radical (unpaired) electrons. The lowest BCUT2D eigenvalue weighted by Gasteiger charge is -2.36. The first-order valence-corrected chi connectivity index (χ1v) is 8.74. The third-order valence-corrected chi connectivity index (χ3v) is 4.34. The molecule has 1 aromatic heterocycles. The number of pyridine rings is 1. The first kappa shape index (κ1) is 17.6. The number of anilines is 1. The topological polar surface area (TPSA) is 28.5 Å². The summed E-state index contributed by atoms with van der Waals surface area (Å²) in [5.41, 5.74) is 4.31. The molecule has 2 aromatic rings. The highest BCUT2D eigenvalue weighted by Gasteiger charge is 2.26. The molecule has 1 aromatic carbocycles. The molecule has 3 rings (SSSR count). The predicted octanol–water partition coefficient (Wildman–Crippen LogP) is 5.63. The van der Waals surface area contributed by atoms with Gasteiger partial charge in [-0.05, 0) is 55.0 Å². The van der Waals surface area contributed by atoms with Gasteiger partial charge in [0.05, 0.1) is 6.04 Å². The highest BCUT2D eigenvalue weighted by atomic mass is 15.2. The summed E-state index contributed by atoms with van der Waals surface area (Å²) in [5, 5.41) is 0. The van der Waals surface area contributed by atoms with E-state index in [1.807, 2.05) is 24.4 Å². The van der Waals surface area contributed by atoms with Crippen molar-refractivity contribution in [3.05, 3.63) is 109 Å². The Bertz CT molecular complexity index is 832. The maximum Gasteiger partial charge on any atom is 0.0874 e. The van der Waals surface area contributed by atoms with E-state index in [9.17, 15) is 0 Å². The Kier molecular flexibility index (Phi) is 5.94. The van der Waals surface area contributed by atoms with Crippen molar-refractivity contribution >= 4 is 12.4 Å². The molecule has 0 amide bonds. The highest BCUT2D eigenvalue weighted by molar-refractivity contribution is 5.60. The number of rotatable bonds is 7. The van der Waals surface area contributed by atoms with E-state index in [2.05, 4.69) is 76.7 Å². The Labute approximate surface area is 155 Å². The molecule has 1 atom stereocenters. The molecule has 0 saturated heterocycles. The van der Waals surface area contributed by atoms with Crippen LogP contribution in [0.2, 0.25) is 0 Å². The minimum Gasteiger partial charge on any atom is -0.330 e. The lowest BCUT2D eigenvalue weighted by atomic mass is 9.96. The summed E-state index contributed by atoms with van der Waals surface area (Å²) in [5.74, 6) is 0. The maximum absolute atomic E-state index is 4.33. The molecule has 1 aliphatic carbocycles. The Morgan fingerprint density at radius 3 is 2.62 bits per heavy atom. The van der Waals surface area contributed by atoms with Crippen LogP contribution in [0.25, 0.3) is 0 Å². The van der Waals surface area contributed by atoms with Crippen LogP contribution in [-0.2, 0) is 0 Å². The Morgan fingerprint density at radius 1 is 1.15 bits per heavy atom. The number of nitrogens with zero attached hydrogens (tertiary/aromatic N) is 3. The zero-order valence-electron chi connectivity index (χ0n) is 14.8. The summed E-state index contributed by atoms with van der Waals surface area (Å²) in [6.07, 6.45) is 16.1. The van der Waals surface area contributed by atoms with Gasteiger partial charge < -0.3 is 4.90 Å². The van der Waals surface area contributed by atoms with Gasteiger partial charge in [-0.3, -0.25) is 9.98 Å². The van der Waals surface area contributed by atoms with E-state index in [-0.39, 0.29) is 6.04 Å². The third kappa shape index (κ3) is 3.89. The molecule has 0 N–H and O–H groups in total. The third-order valence-electron chi connectivity index (χ3n) is 4.34. The van der Waals surface area contributed by atoms with Crippen molar-refractivity contribution in [2.45, 2.75) is 18.9 Å². The molecule has 0 spiro atoms. The van der Waals surface area contributed by atoms with Gasteiger partial charge in [-0.2, -0.15) is 0 Å². The quantitative estimate of drug-likeness (QED) is 0.482. The van der Waals surface area contributed by atoms with Crippen LogP contribution in [0.3, 0.4) is 0 Å². The second kappa shape index (κ2) is 8.77. The second-order valence-electron chi connectivity index (χ2n) is 6.02. The van der Waals surface area contributed by atoms with E-state index in [1.165, 1.54) is 0 Å². The van der Waals surface area contributed by atoms with Crippen LogP contribution in [0.5, 0.6) is 0 Å². The Morgan fingerprint density at radius 2 is 2.00 bits per heavy atom. The van der Waals surface area contributed by atoms with Crippen molar-refractivity contribution < 1.29 is 0 Å². The van der Waals surface area contributed by atoms with Gasteiger partial charge in [0.2, 0.25) is 0 Å². The minimum absolute atomic E-state index is 0.0944. The summed E-state index contributed by atoms with van der Waals surface area (Å²) in [6, 6.07) is 14.3. The first-order chi connectivity index (χ1) is 12.8. The summed E-state index contributed by atoms with van der Waals surface area (Å²) in [6.45, 7) is 7.64. The minimum atomic E-state index is -0.0944. The largest absolute Gasteiger partial charge is 0.330 e. The number of aliphatic imine (C=N–C) groups is 1. The lowest BCUT2D eigenvalue weighted by Crippen LogP contribution is -2.29. The lowest BCUT2D eigenvalue weighted by molar-refractivity contribution is 0.775. The second-order valence-corrected chi connectivity index (χ2v) is 6.02. The molecule has 1 unspecified atom stereocenters. The number of allylic oxidation sites excluding steroid dienone is 3. The number of hydrogen-bond acceptors (Lipinski definition) is 3. The zero-order chi connectivity index (χ0) is 18.2. The van der Waals surface area contributed by atoms with Crippen molar-refractivity contribution in [2.75, 3.05) is 4.90 Å². The van der Waals surface area contributed by atoms with E-state index in [0.717, 1.165) is 35.4 Å². The van der Waals surface area contributed by atoms with E-state index in [0.29, 0.717) is 0 Å². The average Bonchev–Trinajstić information content (AvgIpc) is 2.72. The molecule has 1 aliphatic rings. The maximum atomic E-state index is 4.33. The summed E-state index contributed by atoms with van der Waals surface area (Å²) >= 11 is 0. The molecule has 0 aliphatic heterocycles. The van der Waals surface area contributed by atoms with Crippen molar-refractivity contribution in [2.24, 2.45) is 4.99 Å². The molecule has 0 saturated carbocycles. The molecule has 0 fully saturated rings. The number of hydrogen-bond donors (Lipinski definition) is 0. The van der Waals surface area contributed by atoms with Crippen LogP contribution in [-0.4, -0.2) is 11.7 Å². The van der Waals surface area contributed by atoms with Crippen molar-refractivity contribution in [3.8, 4) is 0 Å². The highest BCUT2D eigenvalue weighted by Crippen LogP contribution is 2.37. The number of benzene rings is 1. The number of aromatic nitrogens is 1. The molecule has 26 heavy (non-hydrogen) atoms. The normalized spacial score (nSPS) is 15.1. The van der Waals surface area contributed by atoms with Crippen LogP contribution in [0.4, 0.5) is 5.69 Å².